The fourth-order valence-electron chi connectivity index (χ4n) is 3.37. The summed E-state index contributed by atoms with van der Waals surface area (Å²) >= 11 is 0. The molecule has 0 bridgehead atoms. The van der Waals surface area contributed by atoms with E-state index in [9.17, 15) is 0 Å². The Kier molecular flexibility index (Phi) is 3.87. The van der Waals surface area contributed by atoms with Gasteiger partial charge < -0.3 is 14.9 Å². The molecule has 1 aliphatic heterocycles. The lowest BCUT2D eigenvalue weighted by Gasteiger charge is -2.28. The van der Waals surface area contributed by atoms with Crippen LogP contribution in [0, 0.1) is 20.8 Å². The lowest BCUT2D eigenvalue weighted by molar-refractivity contribution is 0.0319. The van der Waals surface area contributed by atoms with Crippen LogP contribution in [0.1, 0.15) is 52.3 Å². The minimum Gasteiger partial charge on any atom is -0.466 e. The van der Waals surface area contributed by atoms with E-state index >= 15 is 0 Å². The van der Waals surface area contributed by atoms with Gasteiger partial charge in [-0.25, -0.2) is 0 Å². The third-order valence-corrected chi connectivity index (χ3v) is 4.55. The summed E-state index contributed by atoms with van der Waals surface area (Å²) in [7, 11) is 0. The Morgan fingerprint density at radius 1 is 1.19 bits per heavy atom. The maximum absolute atomic E-state index is 6.46. The van der Waals surface area contributed by atoms with Crippen molar-refractivity contribution in [3.63, 3.8) is 0 Å². The van der Waals surface area contributed by atoms with Crippen LogP contribution in [0.2, 0.25) is 0 Å². The molecular formula is C18H23NO2. The molecule has 3 heteroatoms. The highest BCUT2D eigenvalue weighted by atomic mass is 16.5. The molecule has 1 aromatic carbocycles. The van der Waals surface area contributed by atoms with Crippen LogP contribution < -0.4 is 5.73 Å². The smallest absolute Gasteiger partial charge is 0.106 e. The monoisotopic (exact) mass is 285 g/mol. The Balaban J connectivity index is 1.84. The van der Waals surface area contributed by atoms with Crippen LogP contribution in [0.25, 0.3) is 0 Å². The van der Waals surface area contributed by atoms with E-state index in [0.717, 1.165) is 36.5 Å². The third kappa shape index (κ3) is 2.63. The molecule has 0 saturated heterocycles. The quantitative estimate of drug-likeness (QED) is 0.930. The highest BCUT2D eigenvalue weighted by molar-refractivity contribution is 5.35. The van der Waals surface area contributed by atoms with Crippen LogP contribution in [0.15, 0.2) is 28.7 Å². The molecule has 0 spiro atoms. The SMILES string of the molecule is Cc1oc(C)c(C(N)CC2OCCc3ccccc32)c1C. The lowest BCUT2D eigenvalue weighted by Crippen LogP contribution is -2.22. The van der Waals surface area contributed by atoms with Crippen LogP contribution in [-0.4, -0.2) is 6.61 Å². The Hall–Kier alpha value is -1.58. The van der Waals surface area contributed by atoms with Crippen LogP contribution in [0.3, 0.4) is 0 Å². The van der Waals surface area contributed by atoms with Gasteiger partial charge in [-0.2, -0.15) is 0 Å². The van der Waals surface area contributed by atoms with Crippen LogP contribution in [0.4, 0.5) is 0 Å². The molecule has 21 heavy (non-hydrogen) atoms. The first-order valence-electron chi connectivity index (χ1n) is 7.59. The molecule has 3 nitrogen and oxygen atoms in total. The van der Waals surface area contributed by atoms with Gasteiger partial charge in [0.25, 0.3) is 0 Å². The number of benzene rings is 1. The van der Waals surface area contributed by atoms with Gasteiger partial charge in [0.2, 0.25) is 0 Å². The second-order valence-electron chi connectivity index (χ2n) is 5.90. The highest BCUT2D eigenvalue weighted by Crippen LogP contribution is 2.36. The van der Waals surface area contributed by atoms with Gasteiger partial charge in [0.1, 0.15) is 11.5 Å². The molecule has 3 rings (SSSR count). The number of hydrogen-bond acceptors (Lipinski definition) is 3. The number of rotatable bonds is 3. The van der Waals surface area contributed by atoms with Crippen molar-refractivity contribution in [2.24, 2.45) is 5.73 Å². The number of aryl methyl sites for hydroxylation is 2. The van der Waals surface area contributed by atoms with Crippen molar-refractivity contribution in [2.45, 2.75) is 45.8 Å². The van der Waals surface area contributed by atoms with E-state index in [4.69, 9.17) is 14.9 Å². The fourth-order valence-corrected chi connectivity index (χ4v) is 3.37. The molecular weight excluding hydrogens is 262 g/mol. The van der Waals surface area contributed by atoms with E-state index < -0.39 is 0 Å². The summed E-state index contributed by atoms with van der Waals surface area (Å²) in [5, 5.41) is 0. The molecule has 0 fully saturated rings. The van der Waals surface area contributed by atoms with Gasteiger partial charge in [-0.1, -0.05) is 24.3 Å². The largest absolute Gasteiger partial charge is 0.466 e. The van der Waals surface area contributed by atoms with Crippen LogP contribution >= 0.6 is 0 Å². The van der Waals surface area contributed by atoms with E-state index in [-0.39, 0.29) is 12.1 Å². The average Bonchev–Trinajstić information content (AvgIpc) is 2.72. The zero-order chi connectivity index (χ0) is 15.0. The first kappa shape index (κ1) is 14.4. The third-order valence-electron chi connectivity index (χ3n) is 4.55. The topological polar surface area (TPSA) is 48.4 Å². The maximum Gasteiger partial charge on any atom is 0.106 e. The summed E-state index contributed by atoms with van der Waals surface area (Å²) in [6, 6.07) is 8.46. The summed E-state index contributed by atoms with van der Waals surface area (Å²) in [4.78, 5) is 0. The van der Waals surface area contributed by atoms with Crippen molar-refractivity contribution < 1.29 is 9.15 Å². The number of nitrogens with two attached hydrogens (primary N) is 1. The first-order valence-corrected chi connectivity index (χ1v) is 7.59. The standard InChI is InChI=1S/C18H23NO2/c1-11-12(2)21-13(3)18(11)16(19)10-17-15-7-5-4-6-14(15)8-9-20-17/h4-7,16-17H,8-10,19H2,1-3H3. The molecule has 2 aromatic rings. The number of ether oxygens (including phenoxy) is 1. The van der Waals surface area contributed by atoms with E-state index in [1.54, 1.807) is 0 Å². The fraction of sp³-hybridized carbons (Fsp3) is 0.444. The Morgan fingerprint density at radius 3 is 2.67 bits per heavy atom. The van der Waals surface area contributed by atoms with Crippen molar-refractivity contribution in [3.05, 3.63) is 58.0 Å². The normalized spacial score (nSPS) is 19.3. The van der Waals surface area contributed by atoms with Gasteiger partial charge in [-0.3, -0.25) is 0 Å². The predicted octanol–water partition coefficient (Wildman–Crippen LogP) is 3.91. The minimum absolute atomic E-state index is 0.0568. The number of furan rings is 1. The Morgan fingerprint density at radius 2 is 1.95 bits per heavy atom. The molecule has 0 radical (unpaired) electrons. The van der Waals surface area contributed by atoms with Gasteiger partial charge >= 0.3 is 0 Å². The predicted molar refractivity (Wildman–Crippen MR) is 83.3 cm³/mol. The van der Waals surface area contributed by atoms with Crippen molar-refractivity contribution in [3.8, 4) is 0 Å². The summed E-state index contributed by atoms with van der Waals surface area (Å²) in [5.41, 5.74) is 11.4. The Labute approximate surface area is 126 Å². The molecule has 2 atom stereocenters. The number of hydrogen-bond donors (Lipinski definition) is 1. The van der Waals surface area contributed by atoms with Gasteiger partial charge in [0, 0.05) is 11.6 Å². The molecule has 1 aromatic heterocycles. The van der Waals surface area contributed by atoms with Gasteiger partial charge in [-0.05, 0) is 50.3 Å². The molecule has 2 N–H and O–H groups in total. The lowest BCUT2D eigenvalue weighted by atomic mass is 9.90. The van der Waals surface area contributed by atoms with E-state index in [1.165, 1.54) is 16.7 Å². The van der Waals surface area contributed by atoms with Gasteiger partial charge in [0.05, 0.1) is 12.7 Å². The average molecular weight is 285 g/mol. The van der Waals surface area contributed by atoms with Crippen molar-refractivity contribution in [1.29, 1.82) is 0 Å². The summed E-state index contributed by atoms with van der Waals surface area (Å²) in [5.74, 6) is 1.89. The minimum atomic E-state index is -0.0568. The summed E-state index contributed by atoms with van der Waals surface area (Å²) in [6.07, 6.45) is 1.86. The molecule has 0 amide bonds. The highest BCUT2D eigenvalue weighted by Gasteiger charge is 2.26. The van der Waals surface area contributed by atoms with Crippen molar-refractivity contribution >= 4 is 0 Å². The van der Waals surface area contributed by atoms with Gasteiger partial charge in [-0.15, -0.1) is 0 Å². The van der Waals surface area contributed by atoms with Crippen molar-refractivity contribution in [1.82, 2.24) is 0 Å². The second-order valence-corrected chi connectivity index (χ2v) is 5.90. The molecule has 112 valence electrons. The van der Waals surface area contributed by atoms with E-state index in [1.807, 2.05) is 13.8 Å². The van der Waals surface area contributed by atoms with Crippen LogP contribution in [0.5, 0.6) is 0 Å². The molecule has 0 saturated carbocycles. The first-order chi connectivity index (χ1) is 10.1. The molecule has 2 heterocycles. The maximum atomic E-state index is 6.46. The Bertz CT molecular complexity index is 645. The van der Waals surface area contributed by atoms with Gasteiger partial charge in [0.15, 0.2) is 0 Å². The zero-order valence-electron chi connectivity index (χ0n) is 13.0. The summed E-state index contributed by atoms with van der Waals surface area (Å²) in [6.45, 7) is 6.84. The van der Waals surface area contributed by atoms with E-state index in [0.29, 0.717) is 0 Å². The summed E-state index contributed by atoms with van der Waals surface area (Å²) < 4.78 is 11.7. The van der Waals surface area contributed by atoms with Crippen molar-refractivity contribution in [2.75, 3.05) is 6.61 Å². The molecule has 2 unspecified atom stereocenters. The molecule has 1 aliphatic rings. The second kappa shape index (κ2) is 5.66. The molecule has 0 aliphatic carbocycles. The number of fused-ring (bicyclic) bond motifs is 1. The van der Waals surface area contributed by atoms with Crippen LogP contribution in [-0.2, 0) is 11.2 Å². The zero-order valence-corrected chi connectivity index (χ0v) is 13.0. The van der Waals surface area contributed by atoms with E-state index in [2.05, 4.69) is 31.2 Å².